The number of nitrogens with one attached hydrogen (secondary N) is 1. The van der Waals surface area contributed by atoms with Gasteiger partial charge in [-0.05, 0) is 50.6 Å². The predicted octanol–water partition coefficient (Wildman–Crippen LogP) is 2.93. The number of aromatic nitrogens is 5. The fourth-order valence-electron chi connectivity index (χ4n) is 3.37. The zero-order valence-electron chi connectivity index (χ0n) is 15.5. The van der Waals surface area contributed by atoms with Crippen LogP contribution in [0, 0.1) is 6.92 Å². The van der Waals surface area contributed by atoms with Crippen molar-refractivity contribution in [3.63, 3.8) is 0 Å². The molecule has 7 nitrogen and oxygen atoms in total. The molecule has 0 atom stereocenters. The molecule has 0 spiro atoms. The van der Waals surface area contributed by atoms with Gasteiger partial charge in [-0.2, -0.15) is 0 Å². The van der Waals surface area contributed by atoms with Crippen LogP contribution in [-0.4, -0.2) is 37.0 Å². The van der Waals surface area contributed by atoms with E-state index < -0.39 is 0 Å². The van der Waals surface area contributed by atoms with Gasteiger partial charge in [-0.15, -0.1) is 5.10 Å². The van der Waals surface area contributed by atoms with Crippen LogP contribution in [0.15, 0.2) is 42.5 Å². The maximum Gasteiger partial charge on any atom is 0.251 e. The summed E-state index contributed by atoms with van der Waals surface area (Å²) >= 11 is 0. The molecule has 27 heavy (non-hydrogen) atoms. The molecule has 0 saturated heterocycles. The van der Waals surface area contributed by atoms with Crippen LogP contribution >= 0.6 is 0 Å². The average molecular weight is 362 g/mol. The van der Waals surface area contributed by atoms with E-state index in [9.17, 15) is 4.79 Å². The third-order valence-corrected chi connectivity index (χ3v) is 4.77. The number of hydrogen-bond donors (Lipinski definition) is 1. The number of rotatable bonds is 6. The molecule has 0 unspecified atom stereocenters. The number of aryl methyl sites for hydroxylation is 3. The molecule has 2 aromatic carbocycles. The zero-order valence-corrected chi connectivity index (χ0v) is 15.5. The van der Waals surface area contributed by atoms with Gasteiger partial charge >= 0.3 is 0 Å². The molecule has 1 N–H and O–H groups in total. The molecule has 0 aliphatic heterocycles. The summed E-state index contributed by atoms with van der Waals surface area (Å²) < 4.78 is 4.01. The Morgan fingerprint density at radius 2 is 1.96 bits per heavy atom. The van der Waals surface area contributed by atoms with E-state index in [1.165, 1.54) is 0 Å². The highest BCUT2D eigenvalue weighted by Crippen LogP contribution is 2.16. The summed E-state index contributed by atoms with van der Waals surface area (Å²) in [5.74, 6) is 0.905. The second kappa shape index (κ2) is 7.19. The number of para-hydroxylation sites is 2. The molecular weight excluding hydrogens is 340 g/mol. The SMILES string of the molecule is CCn1nnc2cc(C(=O)NCCCn3c(C)nc4ccccc43)ccc21. The number of carbonyl (C=O) groups excluding carboxylic acids is 1. The lowest BCUT2D eigenvalue weighted by Crippen LogP contribution is -2.25. The standard InChI is InChI=1S/C20H22N6O/c1-3-26-19-10-9-15(13-17(19)23-24-26)20(27)21-11-6-12-25-14(2)22-16-7-4-5-8-18(16)25/h4-5,7-10,13H,3,6,11-12H2,1-2H3,(H,21,27). The summed E-state index contributed by atoms with van der Waals surface area (Å²) in [4.78, 5) is 17.0. The molecule has 138 valence electrons. The molecule has 4 aromatic rings. The molecule has 4 rings (SSSR count). The van der Waals surface area contributed by atoms with E-state index in [1.807, 2.05) is 48.9 Å². The van der Waals surface area contributed by atoms with E-state index in [1.54, 1.807) is 6.07 Å². The van der Waals surface area contributed by atoms with Crippen LogP contribution in [0.3, 0.4) is 0 Å². The van der Waals surface area contributed by atoms with Crippen LogP contribution in [0.25, 0.3) is 22.1 Å². The first-order chi connectivity index (χ1) is 13.2. The van der Waals surface area contributed by atoms with Crippen molar-refractivity contribution in [2.45, 2.75) is 33.4 Å². The number of fused-ring (bicyclic) bond motifs is 2. The molecule has 0 radical (unpaired) electrons. The minimum Gasteiger partial charge on any atom is -0.352 e. The fourth-order valence-corrected chi connectivity index (χ4v) is 3.37. The fraction of sp³-hybridized carbons (Fsp3) is 0.300. The van der Waals surface area contributed by atoms with Gasteiger partial charge in [-0.25, -0.2) is 9.67 Å². The molecule has 2 heterocycles. The molecule has 7 heteroatoms. The van der Waals surface area contributed by atoms with Crippen LogP contribution in [0.2, 0.25) is 0 Å². The Bertz CT molecular complexity index is 1110. The normalized spacial score (nSPS) is 11.3. The number of imidazole rings is 1. The Morgan fingerprint density at radius 1 is 1.11 bits per heavy atom. The number of hydrogen-bond acceptors (Lipinski definition) is 4. The van der Waals surface area contributed by atoms with Crippen molar-refractivity contribution in [3.05, 3.63) is 53.9 Å². The van der Waals surface area contributed by atoms with Crippen molar-refractivity contribution in [2.24, 2.45) is 0 Å². The Kier molecular flexibility index (Phi) is 4.58. The van der Waals surface area contributed by atoms with Gasteiger partial charge in [-0.1, -0.05) is 17.3 Å². The number of amides is 1. The average Bonchev–Trinajstić information content (AvgIpc) is 3.24. The molecule has 0 aliphatic rings. The first kappa shape index (κ1) is 17.2. The third-order valence-electron chi connectivity index (χ3n) is 4.77. The van der Waals surface area contributed by atoms with Gasteiger partial charge in [0.25, 0.3) is 5.91 Å². The summed E-state index contributed by atoms with van der Waals surface area (Å²) in [6, 6.07) is 13.6. The van der Waals surface area contributed by atoms with E-state index in [0.717, 1.165) is 47.4 Å². The number of benzene rings is 2. The maximum atomic E-state index is 12.4. The van der Waals surface area contributed by atoms with Crippen LogP contribution in [0.1, 0.15) is 29.5 Å². The van der Waals surface area contributed by atoms with Gasteiger partial charge in [0.2, 0.25) is 0 Å². The second-order valence-corrected chi connectivity index (χ2v) is 6.52. The summed E-state index contributed by atoms with van der Waals surface area (Å²) in [5.41, 5.74) is 4.43. The Morgan fingerprint density at radius 3 is 2.81 bits per heavy atom. The maximum absolute atomic E-state index is 12.4. The Balaban J connectivity index is 1.37. The van der Waals surface area contributed by atoms with Crippen molar-refractivity contribution in [1.29, 1.82) is 0 Å². The minimum atomic E-state index is -0.0878. The van der Waals surface area contributed by atoms with E-state index in [0.29, 0.717) is 12.1 Å². The van der Waals surface area contributed by atoms with E-state index in [2.05, 4.69) is 31.2 Å². The summed E-state index contributed by atoms with van der Waals surface area (Å²) in [6.45, 7) is 6.20. The molecule has 0 aliphatic carbocycles. The quantitative estimate of drug-likeness (QED) is 0.535. The van der Waals surface area contributed by atoms with Crippen LogP contribution in [0.5, 0.6) is 0 Å². The van der Waals surface area contributed by atoms with Gasteiger partial charge in [-0.3, -0.25) is 4.79 Å². The van der Waals surface area contributed by atoms with Gasteiger partial charge in [0, 0.05) is 25.2 Å². The molecule has 0 fully saturated rings. The lowest BCUT2D eigenvalue weighted by molar-refractivity contribution is 0.0953. The summed E-state index contributed by atoms with van der Waals surface area (Å²) in [7, 11) is 0. The van der Waals surface area contributed by atoms with Crippen molar-refractivity contribution in [3.8, 4) is 0 Å². The van der Waals surface area contributed by atoms with E-state index in [4.69, 9.17) is 0 Å². The van der Waals surface area contributed by atoms with Gasteiger partial charge in [0.1, 0.15) is 11.3 Å². The van der Waals surface area contributed by atoms with E-state index in [-0.39, 0.29) is 5.91 Å². The minimum absolute atomic E-state index is 0.0878. The summed E-state index contributed by atoms with van der Waals surface area (Å²) in [5, 5.41) is 11.2. The predicted molar refractivity (Wildman–Crippen MR) is 105 cm³/mol. The Labute approximate surface area is 157 Å². The van der Waals surface area contributed by atoms with Gasteiger partial charge in [0.15, 0.2) is 0 Å². The molecular formula is C20H22N6O. The van der Waals surface area contributed by atoms with Crippen molar-refractivity contribution in [1.82, 2.24) is 29.9 Å². The monoisotopic (exact) mass is 362 g/mol. The van der Waals surface area contributed by atoms with Crippen LogP contribution in [0.4, 0.5) is 0 Å². The van der Waals surface area contributed by atoms with Crippen molar-refractivity contribution < 1.29 is 4.79 Å². The van der Waals surface area contributed by atoms with E-state index >= 15 is 0 Å². The molecule has 1 amide bonds. The second-order valence-electron chi connectivity index (χ2n) is 6.52. The smallest absolute Gasteiger partial charge is 0.251 e. The highest BCUT2D eigenvalue weighted by molar-refractivity contribution is 5.97. The largest absolute Gasteiger partial charge is 0.352 e. The van der Waals surface area contributed by atoms with Gasteiger partial charge in [0.05, 0.1) is 16.6 Å². The number of nitrogens with zero attached hydrogens (tertiary/aromatic N) is 5. The Hall–Kier alpha value is -3.22. The molecule has 2 aromatic heterocycles. The lowest BCUT2D eigenvalue weighted by Gasteiger charge is -2.08. The lowest BCUT2D eigenvalue weighted by atomic mass is 10.2. The van der Waals surface area contributed by atoms with Crippen molar-refractivity contribution >= 4 is 28.0 Å². The first-order valence-electron chi connectivity index (χ1n) is 9.20. The molecule has 0 bridgehead atoms. The van der Waals surface area contributed by atoms with Gasteiger partial charge < -0.3 is 9.88 Å². The highest BCUT2D eigenvalue weighted by atomic mass is 16.1. The topological polar surface area (TPSA) is 77.6 Å². The molecule has 0 saturated carbocycles. The van der Waals surface area contributed by atoms with Crippen LogP contribution < -0.4 is 5.32 Å². The third kappa shape index (κ3) is 3.28. The zero-order chi connectivity index (χ0) is 18.8. The number of carbonyl (C=O) groups is 1. The van der Waals surface area contributed by atoms with Crippen molar-refractivity contribution in [2.75, 3.05) is 6.54 Å². The van der Waals surface area contributed by atoms with Crippen LogP contribution in [-0.2, 0) is 13.1 Å². The highest BCUT2D eigenvalue weighted by Gasteiger charge is 2.10. The summed E-state index contributed by atoms with van der Waals surface area (Å²) in [6.07, 6.45) is 0.835. The first-order valence-corrected chi connectivity index (χ1v) is 9.20.